The largest absolute Gasteiger partial charge is 0.508 e. The predicted octanol–water partition coefficient (Wildman–Crippen LogP) is 3.22. The molecule has 6 heteroatoms. The normalized spacial score (nSPS) is 13.5. The summed E-state index contributed by atoms with van der Waals surface area (Å²) in [5, 5.41) is 15.7. The average molecular weight is 354 g/mol. The summed E-state index contributed by atoms with van der Waals surface area (Å²) in [6, 6.07) is 10.5. The second-order valence-electron chi connectivity index (χ2n) is 5.99. The van der Waals surface area contributed by atoms with Crippen molar-refractivity contribution in [1.29, 1.82) is 0 Å². The van der Waals surface area contributed by atoms with Crippen molar-refractivity contribution < 1.29 is 19.4 Å². The molecule has 6 nitrogen and oxygen atoms in total. The molecule has 3 rings (SSSR count). The lowest BCUT2D eigenvalue weighted by Gasteiger charge is -2.12. The smallest absolute Gasteiger partial charge is 0.273 e. The van der Waals surface area contributed by atoms with Crippen LogP contribution >= 0.6 is 0 Å². The molecule has 0 spiro atoms. The van der Waals surface area contributed by atoms with Gasteiger partial charge in [-0.2, -0.15) is 5.10 Å². The molecule has 2 aromatic rings. The van der Waals surface area contributed by atoms with E-state index >= 15 is 0 Å². The van der Waals surface area contributed by atoms with Crippen molar-refractivity contribution in [2.75, 3.05) is 20.8 Å². The number of hydrogen-bond donors (Lipinski definition) is 1. The Morgan fingerprint density at radius 2 is 1.92 bits per heavy atom. The Hall–Kier alpha value is -3.02. The van der Waals surface area contributed by atoms with Gasteiger partial charge in [-0.25, -0.2) is 5.01 Å². The third-order valence-electron chi connectivity index (χ3n) is 4.46. The second-order valence-corrected chi connectivity index (χ2v) is 5.99. The average Bonchev–Trinajstić information content (AvgIpc) is 3.17. The molecule has 1 N–H and O–H groups in total. The highest BCUT2D eigenvalue weighted by Gasteiger charge is 2.24. The van der Waals surface area contributed by atoms with Crippen LogP contribution in [0.2, 0.25) is 0 Å². The van der Waals surface area contributed by atoms with E-state index < -0.39 is 0 Å². The zero-order valence-corrected chi connectivity index (χ0v) is 15.2. The number of benzene rings is 2. The quantitative estimate of drug-likeness (QED) is 0.895. The summed E-state index contributed by atoms with van der Waals surface area (Å²) in [5.74, 6) is 1.32. The molecule has 0 unspecified atom stereocenters. The van der Waals surface area contributed by atoms with E-state index in [-0.39, 0.29) is 11.7 Å². The first-order valence-electron chi connectivity index (χ1n) is 8.51. The lowest BCUT2D eigenvalue weighted by Crippen LogP contribution is -2.23. The Balaban J connectivity index is 1.84. The second kappa shape index (κ2) is 7.47. The number of rotatable bonds is 5. The van der Waals surface area contributed by atoms with Gasteiger partial charge in [-0.1, -0.05) is 6.92 Å². The van der Waals surface area contributed by atoms with Crippen LogP contribution in [0.5, 0.6) is 17.2 Å². The molecule has 1 aliphatic rings. The Bertz CT molecular complexity index is 861. The maximum Gasteiger partial charge on any atom is 0.273 e. The van der Waals surface area contributed by atoms with Crippen LogP contribution in [-0.4, -0.2) is 42.5 Å². The highest BCUT2D eigenvalue weighted by atomic mass is 16.5. The summed E-state index contributed by atoms with van der Waals surface area (Å²) < 4.78 is 10.6. The van der Waals surface area contributed by atoms with E-state index in [0.717, 1.165) is 16.8 Å². The van der Waals surface area contributed by atoms with Crippen molar-refractivity contribution in [3.63, 3.8) is 0 Å². The van der Waals surface area contributed by atoms with Gasteiger partial charge in [0.2, 0.25) is 0 Å². The zero-order valence-electron chi connectivity index (χ0n) is 15.2. The van der Waals surface area contributed by atoms with E-state index in [1.807, 2.05) is 25.1 Å². The molecule has 0 fully saturated rings. The molecule has 0 atom stereocenters. The molecule has 0 saturated carbocycles. The number of aromatic hydroxyl groups is 1. The minimum Gasteiger partial charge on any atom is -0.508 e. The van der Waals surface area contributed by atoms with Gasteiger partial charge in [0.25, 0.3) is 5.91 Å². The third-order valence-corrected chi connectivity index (χ3v) is 4.46. The Morgan fingerprint density at radius 3 is 2.62 bits per heavy atom. The molecule has 136 valence electrons. The number of carbonyl (C=O) groups excluding carboxylic acids is 1. The van der Waals surface area contributed by atoms with Crippen molar-refractivity contribution in [3.8, 4) is 17.2 Å². The number of phenols is 1. The summed E-state index contributed by atoms with van der Waals surface area (Å²) in [6.07, 6.45) is 1.33. The fraction of sp³-hybridized carbons (Fsp3) is 0.300. The number of nitrogens with zero attached hydrogens (tertiary/aromatic N) is 2. The van der Waals surface area contributed by atoms with E-state index in [9.17, 15) is 9.90 Å². The molecule has 2 aromatic carbocycles. The number of carbonyl (C=O) groups is 1. The number of aryl methyl sites for hydroxylation is 1. The fourth-order valence-corrected chi connectivity index (χ4v) is 2.97. The van der Waals surface area contributed by atoms with Gasteiger partial charge in [-0.3, -0.25) is 4.79 Å². The van der Waals surface area contributed by atoms with Gasteiger partial charge < -0.3 is 14.6 Å². The number of hydrogen-bond acceptors (Lipinski definition) is 5. The van der Waals surface area contributed by atoms with Crippen molar-refractivity contribution in [2.45, 2.75) is 19.8 Å². The molecule has 1 amide bonds. The van der Waals surface area contributed by atoms with Crippen LogP contribution in [0.4, 0.5) is 0 Å². The van der Waals surface area contributed by atoms with E-state index in [0.29, 0.717) is 36.4 Å². The monoisotopic (exact) mass is 354 g/mol. The van der Waals surface area contributed by atoms with Crippen LogP contribution in [0.1, 0.15) is 34.8 Å². The topological polar surface area (TPSA) is 71.4 Å². The Morgan fingerprint density at radius 1 is 1.15 bits per heavy atom. The minimum absolute atomic E-state index is 0.171. The SMILES string of the molecule is CCc1cc(C(=O)N2CCC(c3ccc(OC)c(OC)c3)=N2)ccc1O. The lowest BCUT2D eigenvalue weighted by molar-refractivity contribution is 0.0778. The number of ether oxygens (including phenoxy) is 2. The van der Waals surface area contributed by atoms with Crippen molar-refractivity contribution in [1.82, 2.24) is 5.01 Å². The molecule has 0 saturated heterocycles. The summed E-state index contributed by atoms with van der Waals surface area (Å²) >= 11 is 0. The van der Waals surface area contributed by atoms with Gasteiger partial charge in [-0.05, 0) is 48.4 Å². The highest BCUT2D eigenvalue weighted by molar-refractivity contribution is 6.04. The van der Waals surface area contributed by atoms with Gasteiger partial charge in [0.05, 0.1) is 26.5 Å². The number of hydrazone groups is 1. The summed E-state index contributed by atoms with van der Waals surface area (Å²) in [6.45, 7) is 2.46. The van der Waals surface area contributed by atoms with Crippen LogP contribution in [0, 0.1) is 0 Å². The van der Waals surface area contributed by atoms with Crippen molar-refractivity contribution >= 4 is 11.6 Å². The number of amides is 1. The predicted molar refractivity (Wildman–Crippen MR) is 99.2 cm³/mol. The van der Waals surface area contributed by atoms with Gasteiger partial charge in [0, 0.05) is 17.5 Å². The van der Waals surface area contributed by atoms with Crippen LogP contribution in [0.15, 0.2) is 41.5 Å². The lowest BCUT2D eigenvalue weighted by atomic mass is 10.1. The summed E-state index contributed by atoms with van der Waals surface area (Å²) in [5.41, 5.74) is 3.00. The van der Waals surface area contributed by atoms with E-state index in [1.165, 1.54) is 5.01 Å². The molecular formula is C20H22N2O4. The standard InChI is InChI=1S/C20H22N2O4/c1-4-13-11-15(5-7-17(13)23)20(24)22-10-9-16(21-22)14-6-8-18(25-2)19(12-14)26-3/h5-8,11-12,23H,4,9-10H2,1-3H3. The first kappa shape index (κ1) is 17.8. The maximum atomic E-state index is 12.7. The maximum absolute atomic E-state index is 12.7. The van der Waals surface area contributed by atoms with Crippen LogP contribution < -0.4 is 9.47 Å². The fourth-order valence-electron chi connectivity index (χ4n) is 2.97. The molecule has 0 aliphatic carbocycles. The van der Waals surface area contributed by atoms with E-state index in [1.54, 1.807) is 32.4 Å². The van der Waals surface area contributed by atoms with Gasteiger partial charge in [0.1, 0.15) is 5.75 Å². The van der Waals surface area contributed by atoms with Gasteiger partial charge in [0.15, 0.2) is 11.5 Å². The molecule has 1 aliphatic heterocycles. The van der Waals surface area contributed by atoms with Crippen molar-refractivity contribution in [3.05, 3.63) is 53.1 Å². The van der Waals surface area contributed by atoms with Gasteiger partial charge in [-0.15, -0.1) is 0 Å². The molecule has 0 aromatic heterocycles. The highest BCUT2D eigenvalue weighted by Crippen LogP contribution is 2.29. The minimum atomic E-state index is -0.171. The van der Waals surface area contributed by atoms with Crippen LogP contribution in [0.25, 0.3) is 0 Å². The van der Waals surface area contributed by atoms with Crippen molar-refractivity contribution in [2.24, 2.45) is 5.10 Å². The van der Waals surface area contributed by atoms with E-state index in [2.05, 4.69) is 5.10 Å². The molecule has 26 heavy (non-hydrogen) atoms. The molecule has 0 bridgehead atoms. The Labute approximate surface area is 152 Å². The van der Waals surface area contributed by atoms with E-state index in [4.69, 9.17) is 9.47 Å². The van der Waals surface area contributed by atoms with Gasteiger partial charge >= 0.3 is 0 Å². The first-order chi connectivity index (χ1) is 12.6. The third kappa shape index (κ3) is 3.35. The van der Waals surface area contributed by atoms with Crippen LogP contribution in [-0.2, 0) is 6.42 Å². The van der Waals surface area contributed by atoms with Crippen LogP contribution in [0.3, 0.4) is 0 Å². The molecular weight excluding hydrogens is 332 g/mol. The summed E-state index contributed by atoms with van der Waals surface area (Å²) in [7, 11) is 3.18. The zero-order chi connectivity index (χ0) is 18.7. The molecule has 0 radical (unpaired) electrons. The first-order valence-corrected chi connectivity index (χ1v) is 8.51. The summed E-state index contributed by atoms with van der Waals surface area (Å²) in [4.78, 5) is 12.7. The number of phenolic OH excluding ortho intramolecular Hbond substituents is 1. The Kier molecular flexibility index (Phi) is 5.11. The molecule has 1 heterocycles. The number of methoxy groups -OCH3 is 2.